The fraction of sp³-hybridized carbons (Fsp3) is 0.417. The fourth-order valence-electron chi connectivity index (χ4n) is 1.55. The van der Waals surface area contributed by atoms with Gasteiger partial charge in [-0.15, -0.1) is 0 Å². The van der Waals surface area contributed by atoms with Crippen molar-refractivity contribution in [3.63, 3.8) is 0 Å². The Labute approximate surface area is 115 Å². The molecule has 8 nitrogen and oxygen atoms in total. The summed E-state index contributed by atoms with van der Waals surface area (Å²) in [5.74, 6) is -0.395. The first-order valence-corrected chi connectivity index (χ1v) is 6.02. The number of aromatic nitrogens is 2. The van der Waals surface area contributed by atoms with Crippen molar-refractivity contribution in [3.05, 3.63) is 23.8 Å². The third-order valence-corrected chi connectivity index (χ3v) is 2.61. The first-order valence-electron chi connectivity index (χ1n) is 6.02. The first-order chi connectivity index (χ1) is 9.27. The van der Waals surface area contributed by atoms with Gasteiger partial charge in [-0.05, 0) is 0 Å². The van der Waals surface area contributed by atoms with Gasteiger partial charge in [0.05, 0.1) is 5.56 Å². The summed E-state index contributed by atoms with van der Waals surface area (Å²) in [6.45, 7) is 5.68. The number of carbonyl (C=O) groups is 3. The Morgan fingerprint density at radius 3 is 2.35 bits per heavy atom. The molecule has 1 aliphatic heterocycles. The zero-order chi connectivity index (χ0) is 14.9. The molecular formula is C12H15N5O3. The van der Waals surface area contributed by atoms with Crippen LogP contribution in [-0.4, -0.2) is 39.4 Å². The monoisotopic (exact) mass is 277 g/mol. The molecule has 0 aromatic carbocycles. The molecule has 2 N–H and O–H groups in total. The third kappa shape index (κ3) is 2.90. The minimum atomic E-state index is -0.657. The minimum Gasteiger partial charge on any atom is -0.275 e. The maximum atomic E-state index is 11.9. The van der Waals surface area contributed by atoms with E-state index in [4.69, 9.17) is 0 Å². The molecule has 1 saturated heterocycles. The molecule has 106 valence electrons. The molecule has 1 aromatic heterocycles. The van der Waals surface area contributed by atoms with Crippen molar-refractivity contribution in [2.75, 3.05) is 6.54 Å². The van der Waals surface area contributed by atoms with Crippen molar-refractivity contribution in [2.24, 2.45) is 0 Å². The molecular weight excluding hydrogens is 262 g/mol. The summed E-state index contributed by atoms with van der Waals surface area (Å²) in [6, 6.07) is -0.657. The summed E-state index contributed by atoms with van der Waals surface area (Å²) < 4.78 is 0. The van der Waals surface area contributed by atoms with Crippen LogP contribution in [0, 0.1) is 0 Å². The zero-order valence-electron chi connectivity index (χ0n) is 11.4. The number of carbonyl (C=O) groups excluding carboxylic acids is 3. The van der Waals surface area contributed by atoms with E-state index in [1.165, 1.54) is 12.4 Å². The van der Waals surface area contributed by atoms with E-state index in [0.717, 1.165) is 5.01 Å². The summed E-state index contributed by atoms with van der Waals surface area (Å²) in [7, 11) is 0. The van der Waals surface area contributed by atoms with Gasteiger partial charge in [-0.25, -0.2) is 19.8 Å². The number of imide groups is 1. The smallest absolute Gasteiger partial charge is 0.275 e. The second kappa shape index (κ2) is 4.87. The van der Waals surface area contributed by atoms with Gasteiger partial charge in [0.25, 0.3) is 5.91 Å². The number of rotatable bonds is 2. The highest BCUT2D eigenvalue weighted by Gasteiger charge is 2.28. The molecule has 1 aromatic rings. The van der Waals surface area contributed by atoms with Crippen LogP contribution in [0.25, 0.3) is 0 Å². The molecule has 0 atom stereocenters. The van der Waals surface area contributed by atoms with Crippen LogP contribution >= 0.6 is 0 Å². The highest BCUT2D eigenvalue weighted by Crippen LogP contribution is 2.17. The lowest BCUT2D eigenvalue weighted by molar-refractivity contribution is -0.118. The average molecular weight is 277 g/mol. The topological polar surface area (TPSA) is 104 Å². The van der Waals surface area contributed by atoms with Crippen molar-refractivity contribution < 1.29 is 14.4 Å². The third-order valence-electron chi connectivity index (χ3n) is 2.61. The van der Waals surface area contributed by atoms with Crippen LogP contribution in [0.1, 0.15) is 37.0 Å². The highest BCUT2D eigenvalue weighted by atomic mass is 16.2. The molecule has 0 saturated carbocycles. The second-order valence-corrected chi connectivity index (χ2v) is 5.43. The summed E-state index contributed by atoms with van der Waals surface area (Å²) in [6.07, 6.45) is 2.78. The number of hydrogen-bond donors (Lipinski definition) is 2. The van der Waals surface area contributed by atoms with Gasteiger partial charge in [0.2, 0.25) is 5.91 Å². The summed E-state index contributed by atoms with van der Waals surface area (Å²) in [4.78, 5) is 42.4. The Morgan fingerprint density at radius 2 is 1.90 bits per heavy atom. The number of nitrogens with zero attached hydrogens (tertiary/aromatic N) is 3. The van der Waals surface area contributed by atoms with Crippen LogP contribution < -0.4 is 10.7 Å². The van der Waals surface area contributed by atoms with Gasteiger partial charge in [0, 0.05) is 17.8 Å². The quantitative estimate of drug-likeness (QED) is 0.739. The van der Waals surface area contributed by atoms with E-state index in [9.17, 15) is 14.4 Å². The molecule has 8 heteroatoms. The summed E-state index contributed by atoms with van der Waals surface area (Å²) in [5.41, 5.74) is 2.32. The molecule has 2 heterocycles. The maximum absolute atomic E-state index is 11.9. The van der Waals surface area contributed by atoms with Crippen LogP contribution in [0.3, 0.4) is 0 Å². The van der Waals surface area contributed by atoms with E-state index < -0.39 is 17.8 Å². The van der Waals surface area contributed by atoms with E-state index in [-0.39, 0.29) is 17.5 Å². The van der Waals surface area contributed by atoms with Crippen molar-refractivity contribution >= 4 is 17.8 Å². The molecule has 0 unspecified atom stereocenters. The Hall–Kier alpha value is -2.51. The standard InChI is InChI=1S/C12H15N5O3/c1-12(2,3)10-13-4-7(5-14-10)9(19)16-17-6-8(18)15-11(17)20/h4-5H,6H2,1-3H3,(H,16,19)(H,15,18,20). The lowest BCUT2D eigenvalue weighted by Crippen LogP contribution is -2.44. The predicted octanol–water partition coefficient (Wildman–Crippen LogP) is -0.0293. The van der Waals surface area contributed by atoms with Gasteiger partial charge in [-0.2, -0.15) is 0 Å². The van der Waals surface area contributed by atoms with Gasteiger partial charge in [0.1, 0.15) is 12.4 Å². The van der Waals surface area contributed by atoms with Gasteiger partial charge >= 0.3 is 6.03 Å². The van der Waals surface area contributed by atoms with E-state index in [2.05, 4.69) is 20.7 Å². The first kappa shape index (κ1) is 13.9. The average Bonchev–Trinajstić information content (AvgIpc) is 2.67. The molecule has 0 radical (unpaired) electrons. The fourth-order valence-corrected chi connectivity index (χ4v) is 1.55. The largest absolute Gasteiger partial charge is 0.343 e. The van der Waals surface area contributed by atoms with Crippen LogP contribution in [0.5, 0.6) is 0 Å². The normalized spacial score (nSPS) is 15.2. The van der Waals surface area contributed by atoms with Crippen molar-refractivity contribution in [3.8, 4) is 0 Å². The van der Waals surface area contributed by atoms with E-state index in [0.29, 0.717) is 5.82 Å². The number of hydrogen-bond acceptors (Lipinski definition) is 5. The SMILES string of the molecule is CC(C)(C)c1ncc(C(=O)NN2CC(=O)NC2=O)cn1. The van der Waals surface area contributed by atoms with E-state index >= 15 is 0 Å². The lowest BCUT2D eigenvalue weighted by Gasteiger charge is -2.17. The highest BCUT2D eigenvalue weighted by molar-refractivity contribution is 6.03. The van der Waals surface area contributed by atoms with E-state index in [1.807, 2.05) is 20.8 Å². The Kier molecular flexibility index (Phi) is 3.39. The molecule has 2 rings (SSSR count). The van der Waals surface area contributed by atoms with Crippen molar-refractivity contribution in [1.29, 1.82) is 0 Å². The van der Waals surface area contributed by atoms with Gasteiger partial charge in [-0.3, -0.25) is 20.3 Å². The number of nitrogens with one attached hydrogen (secondary N) is 2. The van der Waals surface area contributed by atoms with E-state index in [1.54, 1.807) is 0 Å². The molecule has 0 spiro atoms. The van der Waals surface area contributed by atoms with Gasteiger partial charge in [-0.1, -0.05) is 20.8 Å². The number of amides is 4. The Morgan fingerprint density at radius 1 is 1.30 bits per heavy atom. The van der Waals surface area contributed by atoms with Gasteiger partial charge < -0.3 is 0 Å². The number of urea groups is 1. The second-order valence-electron chi connectivity index (χ2n) is 5.43. The lowest BCUT2D eigenvalue weighted by atomic mass is 9.96. The Bertz CT molecular complexity index is 561. The van der Waals surface area contributed by atoms with Crippen LogP contribution in [0.4, 0.5) is 4.79 Å². The molecule has 1 aliphatic rings. The maximum Gasteiger partial charge on any atom is 0.343 e. The molecule has 20 heavy (non-hydrogen) atoms. The number of hydrazine groups is 1. The minimum absolute atomic E-state index is 0.203. The molecule has 0 aliphatic carbocycles. The van der Waals surface area contributed by atoms with Crippen LogP contribution in [0.2, 0.25) is 0 Å². The van der Waals surface area contributed by atoms with Crippen LogP contribution in [-0.2, 0) is 10.2 Å². The van der Waals surface area contributed by atoms with Crippen LogP contribution in [0.15, 0.2) is 12.4 Å². The zero-order valence-corrected chi connectivity index (χ0v) is 11.4. The molecule has 4 amide bonds. The molecule has 0 bridgehead atoms. The van der Waals surface area contributed by atoms with Crippen molar-refractivity contribution in [2.45, 2.75) is 26.2 Å². The molecule has 1 fully saturated rings. The summed E-state index contributed by atoms with van der Waals surface area (Å²) >= 11 is 0. The summed E-state index contributed by atoms with van der Waals surface area (Å²) in [5, 5.41) is 2.96. The van der Waals surface area contributed by atoms with Crippen molar-refractivity contribution in [1.82, 2.24) is 25.7 Å². The Balaban J connectivity index is 2.07. The predicted molar refractivity (Wildman–Crippen MR) is 68.4 cm³/mol. The van der Waals surface area contributed by atoms with Gasteiger partial charge in [0.15, 0.2) is 0 Å².